The molecule has 0 N–H and O–H groups in total. The molecule has 4 aromatic rings. The van der Waals surface area contributed by atoms with Crippen LogP contribution in [0.1, 0.15) is 32.0 Å². The van der Waals surface area contributed by atoms with E-state index in [2.05, 4.69) is 9.97 Å². The number of halogens is 1. The lowest BCUT2D eigenvalue weighted by molar-refractivity contribution is -0.129. The number of carbonyl (C=O) groups is 2. The summed E-state index contributed by atoms with van der Waals surface area (Å²) >= 11 is 6.26. The Bertz CT molecular complexity index is 1580. The third-order valence-corrected chi connectivity index (χ3v) is 7.26. The van der Waals surface area contributed by atoms with Crippen molar-refractivity contribution >= 4 is 40.1 Å². The van der Waals surface area contributed by atoms with Crippen LogP contribution in [0.4, 0.5) is 10.5 Å². The van der Waals surface area contributed by atoms with Crippen LogP contribution in [-0.2, 0) is 21.5 Å². The molecule has 1 fully saturated rings. The molecule has 9 heteroatoms. The van der Waals surface area contributed by atoms with E-state index < -0.39 is 17.1 Å². The summed E-state index contributed by atoms with van der Waals surface area (Å²) in [6, 6.07) is 11.4. The van der Waals surface area contributed by atoms with Crippen molar-refractivity contribution in [1.29, 1.82) is 0 Å². The maximum Gasteiger partial charge on any atom is 0.410 e. The van der Waals surface area contributed by atoms with Gasteiger partial charge in [0, 0.05) is 59.4 Å². The first-order valence-corrected chi connectivity index (χ1v) is 12.8. The molecule has 0 atom stereocenters. The van der Waals surface area contributed by atoms with E-state index in [4.69, 9.17) is 21.3 Å². The summed E-state index contributed by atoms with van der Waals surface area (Å²) in [5.74, 6) is -0.0737. The predicted molar refractivity (Wildman–Crippen MR) is 145 cm³/mol. The summed E-state index contributed by atoms with van der Waals surface area (Å²) in [4.78, 5) is 43.4. The minimum Gasteiger partial charge on any atom is -0.444 e. The van der Waals surface area contributed by atoms with Gasteiger partial charge in [-0.15, -0.1) is 0 Å². The first-order chi connectivity index (χ1) is 18.2. The second-order valence-electron chi connectivity index (χ2n) is 10.8. The summed E-state index contributed by atoms with van der Waals surface area (Å²) in [5, 5.41) is 2.50. The average molecular weight is 528 g/mol. The number of hydrogen-bond acceptors (Lipinski definition) is 6. The molecule has 1 aromatic carbocycles. The zero-order chi connectivity index (χ0) is 26.7. The molecule has 0 unspecified atom stereocenters. The standard InChI is InChI=1S/C29H26ClN5O3/c1-28(2,3)38-27(37)34-16-29(17-34)22-8-10-32-14-24(22)35(26(29)36)15-23-25(18-5-4-9-31-12-18)21-7-6-20(30)11-19(21)13-33-23/h4-14H,15-17H2,1-3H3. The second kappa shape index (κ2) is 8.77. The fraction of sp³-hybridized carbons (Fsp3) is 0.276. The summed E-state index contributed by atoms with van der Waals surface area (Å²) in [6.07, 6.45) is 8.28. The van der Waals surface area contributed by atoms with E-state index in [0.717, 1.165) is 38.8 Å². The molecule has 0 bridgehead atoms. The van der Waals surface area contributed by atoms with Crippen LogP contribution in [0.5, 0.6) is 0 Å². The number of hydrogen-bond donors (Lipinski definition) is 0. The Labute approximate surface area is 225 Å². The number of carbonyl (C=O) groups excluding carboxylic acids is 2. The quantitative estimate of drug-likeness (QED) is 0.355. The van der Waals surface area contributed by atoms with Crippen LogP contribution in [-0.4, -0.2) is 50.5 Å². The first kappa shape index (κ1) is 24.3. The molecule has 5 heterocycles. The molecule has 192 valence electrons. The van der Waals surface area contributed by atoms with Gasteiger partial charge in [0.2, 0.25) is 5.91 Å². The zero-order valence-corrected chi connectivity index (χ0v) is 22.1. The summed E-state index contributed by atoms with van der Waals surface area (Å²) in [7, 11) is 0. The van der Waals surface area contributed by atoms with Crippen molar-refractivity contribution in [3.05, 3.63) is 83.7 Å². The van der Waals surface area contributed by atoms with Crippen LogP contribution in [0.15, 0.2) is 67.4 Å². The van der Waals surface area contributed by atoms with E-state index >= 15 is 0 Å². The van der Waals surface area contributed by atoms with Gasteiger partial charge in [0.05, 0.1) is 24.1 Å². The Morgan fingerprint density at radius 3 is 2.61 bits per heavy atom. The van der Waals surface area contributed by atoms with Gasteiger partial charge in [-0.1, -0.05) is 23.7 Å². The number of fused-ring (bicyclic) bond motifs is 3. The summed E-state index contributed by atoms with van der Waals surface area (Å²) in [5.41, 5.74) is 2.70. The highest BCUT2D eigenvalue weighted by Crippen LogP contribution is 2.48. The summed E-state index contributed by atoms with van der Waals surface area (Å²) < 4.78 is 5.53. The highest BCUT2D eigenvalue weighted by atomic mass is 35.5. The molecule has 6 rings (SSSR count). The summed E-state index contributed by atoms with van der Waals surface area (Å²) in [6.45, 7) is 6.24. The zero-order valence-electron chi connectivity index (χ0n) is 21.3. The molecule has 38 heavy (non-hydrogen) atoms. The van der Waals surface area contributed by atoms with Crippen molar-refractivity contribution in [3.63, 3.8) is 0 Å². The lowest BCUT2D eigenvalue weighted by atomic mass is 9.75. The largest absolute Gasteiger partial charge is 0.444 e. The number of pyridine rings is 3. The SMILES string of the molecule is CC(C)(C)OC(=O)N1CC2(C1)C(=O)N(Cc1ncc3cc(Cl)ccc3c1-c1cccnc1)c1cnccc12. The van der Waals surface area contributed by atoms with Crippen molar-refractivity contribution in [3.8, 4) is 11.1 Å². The fourth-order valence-corrected chi connectivity index (χ4v) is 5.53. The molecule has 8 nitrogen and oxygen atoms in total. The minimum atomic E-state index is -0.825. The normalized spacial score (nSPS) is 16.1. The van der Waals surface area contributed by atoms with Gasteiger partial charge in [-0.25, -0.2) is 4.79 Å². The van der Waals surface area contributed by atoms with E-state index in [1.807, 2.05) is 57.2 Å². The molecule has 1 spiro atoms. The highest BCUT2D eigenvalue weighted by molar-refractivity contribution is 6.31. The Morgan fingerprint density at radius 2 is 1.87 bits per heavy atom. The molecule has 2 amide bonds. The van der Waals surface area contributed by atoms with Crippen LogP contribution in [0.25, 0.3) is 21.9 Å². The van der Waals surface area contributed by atoms with Crippen LogP contribution in [0.3, 0.4) is 0 Å². The predicted octanol–water partition coefficient (Wildman–Crippen LogP) is 5.38. The van der Waals surface area contributed by atoms with Crippen molar-refractivity contribution in [1.82, 2.24) is 19.9 Å². The molecule has 0 saturated carbocycles. The third-order valence-electron chi connectivity index (χ3n) is 7.02. The van der Waals surface area contributed by atoms with Crippen LogP contribution >= 0.6 is 11.6 Å². The van der Waals surface area contributed by atoms with E-state index in [1.54, 1.807) is 40.8 Å². The number of anilines is 1. The minimum absolute atomic E-state index is 0.0737. The first-order valence-electron chi connectivity index (χ1n) is 12.4. The number of likely N-dealkylation sites (tertiary alicyclic amines) is 1. The molecular formula is C29H26ClN5O3. The molecule has 0 aliphatic carbocycles. The molecule has 3 aromatic heterocycles. The molecule has 2 aliphatic rings. The Balaban J connectivity index is 1.38. The van der Waals surface area contributed by atoms with Crippen LogP contribution in [0, 0.1) is 0 Å². The smallest absolute Gasteiger partial charge is 0.410 e. The van der Waals surface area contributed by atoms with Gasteiger partial charge in [-0.3, -0.25) is 19.7 Å². The number of aromatic nitrogens is 3. The Kier molecular flexibility index (Phi) is 5.61. The van der Waals surface area contributed by atoms with E-state index in [-0.39, 0.29) is 25.5 Å². The van der Waals surface area contributed by atoms with Gasteiger partial charge in [0.15, 0.2) is 0 Å². The second-order valence-corrected chi connectivity index (χ2v) is 11.2. The molecule has 2 aliphatic heterocycles. The highest BCUT2D eigenvalue weighted by Gasteiger charge is 2.60. The number of amides is 2. The van der Waals surface area contributed by atoms with E-state index in [9.17, 15) is 9.59 Å². The lowest BCUT2D eigenvalue weighted by Crippen LogP contribution is -2.65. The van der Waals surface area contributed by atoms with Crippen molar-refractivity contribution in [2.75, 3.05) is 18.0 Å². The number of ether oxygens (including phenoxy) is 1. The van der Waals surface area contributed by atoms with Gasteiger partial charge < -0.3 is 14.5 Å². The van der Waals surface area contributed by atoms with E-state index in [0.29, 0.717) is 5.02 Å². The Hall–Kier alpha value is -4.04. The number of rotatable bonds is 3. The van der Waals surface area contributed by atoms with E-state index in [1.165, 1.54) is 0 Å². The van der Waals surface area contributed by atoms with Crippen molar-refractivity contribution < 1.29 is 14.3 Å². The van der Waals surface area contributed by atoms with Crippen molar-refractivity contribution in [2.45, 2.75) is 38.3 Å². The van der Waals surface area contributed by atoms with Gasteiger partial charge in [0.25, 0.3) is 0 Å². The van der Waals surface area contributed by atoms with Gasteiger partial charge in [-0.2, -0.15) is 0 Å². The maximum absolute atomic E-state index is 14.0. The van der Waals surface area contributed by atoms with Gasteiger partial charge in [-0.05, 0) is 56.0 Å². The lowest BCUT2D eigenvalue weighted by Gasteiger charge is -2.46. The van der Waals surface area contributed by atoms with Crippen LogP contribution in [0.2, 0.25) is 5.02 Å². The Morgan fingerprint density at radius 1 is 1.08 bits per heavy atom. The van der Waals surface area contributed by atoms with Crippen LogP contribution < -0.4 is 4.90 Å². The average Bonchev–Trinajstić information content (AvgIpc) is 3.10. The fourth-order valence-electron chi connectivity index (χ4n) is 5.35. The van der Waals surface area contributed by atoms with Crippen molar-refractivity contribution in [2.24, 2.45) is 0 Å². The number of nitrogens with zero attached hydrogens (tertiary/aromatic N) is 5. The maximum atomic E-state index is 14.0. The monoisotopic (exact) mass is 527 g/mol. The molecule has 1 saturated heterocycles. The number of benzene rings is 1. The van der Waals surface area contributed by atoms with Gasteiger partial charge >= 0.3 is 6.09 Å². The topological polar surface area (TPSA) is 88.5 Å². The molecule has 0 radical (unpaired) electrons. The third kappa shape index (κ3) is 3.96. The van der Waals surface area contributed by atoms with Gasteiger partial charge in [0.1, 0.15) is 11.0 Å². The molecular weight excluding hydrogens is 502 g/mol.